The number of hydrogen-bond donors (Lipinski definition) is 1. The summed E-state index contributed by atoms with van der Waals surface area (Å²) < 4.78 is 32.5. The summed E-state index contributed by atoms with van der Waals surface area (Å²) >= 11 is 0. The molecule has 0 aromatic carbocycles. The molecule has 1 atom stereocenters. The SMILES string of the molecule is CCOC(=O)c1cc(C)n(CC(=O)Nc2cc(C(C)(C)C)nn2[C@H]2CCS(=O)(=O)C2)c1C. The number of rotatable bonds is 6. The highest BCUT2D eigenvalue weighted by Crippen LogP contribution is 2.31. The van der Waals surface area contributed by atoms with Crippen molar-refractivity contribution in [2.45, 2.75) is 66.0 Å². The highest BCUT2D eigenvalue weighted by atomic mass is 32.2. The summed E-state index contributed by atoms with van der Waals surface area (Å²) in [6.07, 6.45) is 0.467. The molecule has 1 amide bonds. The summed E-state index contributed by atoms with van der Waals surface area (Å²) in [5, 5.41) is 7.55. The topological polar surface area (TPSA) is 112 Å². The second kappa shape index (κ2) is 8.73. The van der Waals surface area contributed by atoms with Gasteiger partial charge in [0.2, 0.25) is 5.91 Å². The van der Waals surface area contributed by atoms with E-state index in [1.807, 2.05) is 33.8 Å². The zero-order valence-corrected chi connectivity index (χ0v) is 20.4. The van der Waals surface area contributed by atoms with E-state index in [4.69, 9.17) is 4.74 Å². The Hall–Kier alpha value is -2.62. The number of esters is 1. The van der Waals surface area contributed by atoms with Gasteiger partial charge < -0.3 is 14.6 Å². The van der Waals surface area contributed by atoms with Crippen molar-refractivity contribution in [3.8, 4) is 0 Å². The Morgan fingerprint density at radius 3 is 2.50 bits per heavy atom. The quantitative estimate of drug-likeness (QED) is 0.658. The van der Waals surface area contributed by atoms with E-state index in [0.717, 1.165) is 11.4 Å². The molecule has 176 valence electrons. The number of carbonyl (C=O) groups is 2. The maximum absolute atomic E-state index is 12.9. The van der Waals surface area contributed by atoms with Gasteiger partial charge in [-0.2, -0.15) is 5.10 Å². The van der Waals surface area contributed by atoms with Crippen molar-refractivity contribution in [1.29, 1.82) is 0 Å². The third-order valence-electron chi connectivity index (χ3n) is 5.70. The number of nitrogens with one attached hydrogen (secondary N) is 1. The second-order valence-electron chi connectivity index (χ2n) is 9.31. The lowest BCUT2D eigenvalue weighted by Crippen LogP contribution is -2.24. The Balaban J connectivity index is 1.85. The van der Waals surface area contributed by atoms with Crippen LogP contribution in [0, 0.1) is 13.8 Å². The number of ether oxygens (including phenoxy) is 1. The Kier molecular flexibility index (Phi) is 6.55. The van der Waals surface area contributed by atoms with Crippen molar-refractivity contribution < 1.29 is 22.7 Å². The van der Waals surface area contributed by atoms with Gasteiger partial charge in [-0.15, -0.1) is 0 Å². The van der Waals surface area contributed by atoms with Gasteiger partial charge in [-0.05, 0) is 33.3 Å². The van der Waals surface area contributed by atoms with Gasteiger partial charge >= 0.3 is 5.97 Å². The number of aromatic nitrogens is 3. The van der Waals surface area contributed by atoms with E-state index in [1.165, 1.54) is 0 Å². The van der Waals surface area contributed by atoms with Crippen molar-refractivity contribution in [3.05, 3.63) is 34.8 Å². The molecule has 0 radical (unpaired) electrons. The molecule has 0 bridgehead atoms. The van der Waals surface area contributed by atoms with E-state index in [1.54, 1.807) is 29.2 Å². The number of sulfone groups is 1. The van der Waals surface area contributed by atoms with Crippen LogP contribution in [0.3, 0.4) is 0 Å². The van der Waals surface area contributed by atoms with Gasteiger partial charge in [-0.25, -0.2) is 17.9 Å². The van der Waals surface area contributed by atoms with E-state index in [2.05, 4.69) is 10.4 Å². The zero-order valence-electron chi connectivity index (χ0n) is 19.6. The van der Waals surface area contributed by atoms with Gasteiger partial charge in [0.1, 0.15) is 12.4 Å². The lowest BCUT2D eigenvalue weighted by Gasteiger charge is -2.16. The minimum Gasteiger partial charge on any atom is -0.462 e. The van der Waals surface area contributed by atoms with Crippen LogP contribution in [0.4, 0.5) is 5.82 Å². The molecule has 0 aliphatic carbocycles. The summed E-state index contributed by atoms with van der Waals surface area (Å²) in [6.45, 7) is 11.7. The number of carbonyl (C=O) groups excluding carboxylic acids is 2. The molecule has 3 heterocycles. The fourth-order valence-corrected chi connectivity index (χ4v) is 5.58. The molecule has 3 rings (SSSR count). The first-order valence-corrected chi connectivity index (χ1v) is 12.6. The first-order valence-electron chi connectivity index (χ1n) is 10.8. The molecular formula is C22H32N4O5S. The average molecular weight is 465 g/mol. The summed E-state index contributed by atoms with van der Waals surface area (Å²) in [6, 6.07) is 3.21. The van der Waals surface area contributed by atoms with Crippen molar-refractivity contribution >= 4 is 27.5 Å². The van der Waals surface area contributed by atoms with Crippen LogP contribution in [0.15, 0.2) is 12.1 Å². The van der Waals surface area contributed by atoms with E-state index in [0.29, 0.717) is 23.5 Å². The Morgan fingerprint density at radius 2 is 1.94 bits per heavy atom. The first-order chi connectivity index (χ1) is 14.8. The van der Waals surface area contributed by atoms with Crippen LogP contribution in [0.2, 0.25) is 0 Å². The number of hydrogen-bond acceptors (Lipinski definition) is 6. The summed E-state index contributed by atoms with van der Waals surface area (Å²) in [7, 11) is -3.11. The van der Waals surface area contributed by atoms with E-state index >= 15 is 0 Å². The molecule has 2 aromatic rings. The minimum absolute atomic E-state index is 0.00999. The largest absolute Gasteiger partial charge is 0.462 e. The fraction of sp³-hybridized carbons (Fsp3) is 0.591. The molecular weight excluding hydrogens is 432 g/mol. The standard InChI is InChI=1S/C22H32N4O5S/c1-7-31-21(28)17-10-14(2)25(15(17)3)12-20(27)23-19-11-18(22(4,5)6)24-26(19)16-8-9-32(29,30)13-16/h10-11,16H,7-9,12-13H2,1-6H3,(H,23,27)/t16-/m0/s1. The van der Waals surface area contributed by atoms with Gasteiger partial charge in [0.05, 0.1) is 35.4 Å². The van der Waals surface area contributed by atoms with Gasteiger partial charge in [0.15, 0.2) is 9.84 Å². The third kappa shape index (κ3) is 5.06. The van der Waals surface area contributed by atoms with Crippen LogP contribution >= 0.6 is 0 Å². The maximum atomic E-state index is 12.9. The number of nitrogens with zero attached hydrogens (tertiary/aromatic N) is 3. The summed E-state index contributed by atoms with van der Waals surface area (Å²) in [5.41, 5.74) is 2.38. The average Bonchev–Trinajstić information content (AvgIpc) is 3.33. The van der Waals surface area contributed by atoms with Gasteiger partial charge in [-0.3, -0.25) is 4.79 Å². The Morgan fingerprint density at radius 1 is 1.25 bits per heavy atom. The Labute approximate surface area is 189 Å². The van der Waals surface area contributed by atoms with Crippen LogP contribution in [-0.4, -0.2) is 52.8 Å². The van der Waals surface area contributed by atoms with Crippen LogP contribution < -0.4 is 5.32 Å². The highest BCUT2D eigenvalue weighted by molar-refractivity contribution is 7.91. The molecule has 32 heavy (non-hydrogen) atoms. The first kappa shape index (κ1) is 24.0. The highest BCUT2D eigenvalue weighted by Gasteiger charge is 2.33. The third-order valence-corrected chi connectivity index (χ3v) is 7.45. The second-order valence-corrected chi connectivity index (χ2v) is 11.5. The molecule has 1 aliphatic heterocycles. The van der Waals surface area contributed by atoms with Crippen LogP contribution in [0.1, 0.15) is 67.6 Å². The van der Waals surface area contributed by atoms with Crippen LogP contribution in [-0.2, 0) is 31.3 Å². The molecule has 2 aromatic heterocycles. The maximum Gasteiger partial charge on any atom is 0.339 e. The van der Waals surface area contributed by atoms with E-state index < -0.39 is 15.8 Å². The smallest absolute Gasteiger partial charge is 0.339 e. The lowest BCUT2D eigenvalue weighted by molar-refractivity contribution is -0.116. The van der Waals surface area contributed by atoms with Gasteiger partial charge in [0.25, 0.3) is 0 Å². The zero-order chi connectivity index (χ0) is 23.8. The van der Waals surface area contributed by atoms with Crippen LogP contribution in [0.25, 0.3) is 0 Å². The molecule has 9 nitrogen and oxygen atoms in total. The molecule has 0 spiro atoms. The molecule has 1 aliphatic rings. The van der Waals surface area contributed by atoms with Crippen molar-refractivity contribution in [3.63, 3.8) is 0 Å². The molecule has 10 heteroatoms. The summed E-state index contributed by atoms with van der Waals surface area (Å²) in [5.74, 6) is -0.0871. The molecule has 1 saturated heterocycles. The van der Waals surface area contributed by atoms with Crippen molar-refractivity contribution in [2.75, 3.05) is 23.4 Å². The minimum atomic E-state index is -3.11. The van der Waals surface area contributed by atoms with Crippen molar-refractivity contribution in [2.24, 2.45) is 0 Å². The van der Waals surface area contributed by atoms with Gasteiger partial charge in [0, 0.05) is 22.9 Å². The van der Waals surface area contributed by atoms with E-state index in [9.17, 15) is 18.0 Å². The number of aryl methyl sites for hydroxylation is 1. The summed E-state index contributed by atoms with van der Waals surface area (Å²) in [4.78, 5) is 25.1. The van der Waals surface area contributed by atoms with E-state index in [-0.39, 0.29) is 42.0 Å². The normalized spacial score (nSPS) is 18.0. The lowest BCUT2D eigenvalue weighted by atomic mass is 9.92. The van der Waals surface area contributed by atoms with Crippen LogP contribution in [0.5, 0.6) is 0 Å². The molecule has 1 N–H and O–H groups in total. The number of amides is 1. The number of anilines is 1. The predicted octanol–water partition coefficient (Wildman–Crippen LogP) is 2.77. The van der Waals surface area contributed by atoms with Gasteiger partial charge in [-0.1, -0.05) is 20.8 Å². The van der Waals surface area contributed by atoms with Crippen molar-refractivity contribution in [1.82, 2.24) is 14.3 Å². The predicted molar refractivity (Wildman–Crippen MR) is 122 cm³/mol. The fourth-order valence-electron chi connectivity index (χ4n) is 3.89. The Bertz CT molecular complexity index is 1140. The monoisotopic (exact) mass is 464 g/mol. The molecule has 0 unspecified atom stereocenters. The molecule has 1 fully saturated rings. The molecule has 0 saturated carbocycles.